The van der Waals surface area contributed by atoms with Crippen LogP contribution in [0.25, 0.3) is 0 Å². The number of benzene rings is 1. The van der Waals surface area contributed by atoms with E-state index in [4.69, 9.17) is 21.4 Å². The summed E-state index contributed by atoms with van der Waals surface area (Å²) < 4.78 is 5.41. The van der Waals surface area contributed by atoms with Crippen LogP contribution in [0.4, 0.5) is 5.69 Å². The molecule has 2 rings (SSSR count). The van der Waals surface area contributed by atoms with E-state index in [1.165, 1.54) is 37.4 Å². The van der Waals surface area contributed by atoms with Crippen LogP contribution in [-0.4, -0.2) is 21.0 Å². The molecule has 21 heavy (non-hydrogen) atoms. The first kappa shape index (κ1) is 14.7. The smallest absolute Gasteiger partial charge is 0.337 e. The van der Waals surface area contributed by atoms with Crippen LogP contribution in [0.2, 0.25) is 5.02 Å². The Morgan fingerprint density at radius 2 is 2.14 bits per heavy atom. The number of nitro benzene ring substituents is 1. The van der Waals surface area contributed by atoms with Crippen molar-refractivity contribution < 1.29 is 19.6 Å². The number of pyridine rings is 1. The maximum Gasteiger partial charge on any atom is 0.337 e. The molecule has 8 heteroatoms. The van der Waals surface area contributed by atoms with Gasteiger partial charge in [0, 0.05) is 12.3 Å². The van der Waals surface area contributed by atoms with E-state index in [9.17, 15) is 14.9 Å². The van der Waals surface area contributed by atoms with E-state index in [2.05, 4.69) is 4.98 Å². The van der Waals surface area contributed by atoms with Crippen LogP contribution in [-0.2, 0) is 0 Å². The lowest BCUT2D eigenvalue weighted by Gasteiger charge is -2.10. The minimum atomic E-state index is -1.22. The maximum absolute atomic E-state index is 11.0. The van der Waals surface area contributed by atoms with E-state index in [0.717, 1.165) is 0 Å². The monoisotopic (exact) mass is 308 g/mol. The zero-order valence-corrected chi connectivity index (χ0v) is 11.5. The van der Waals surface area contributed by atoms with Crippen LogP contribution in [0, 0.1) is 17.0 Å². The zero-order chi connectivity index (χ0) is 15.6. The molecular formula is C13H9ClN2O5. The van der Waals surface area contributed by atoms with Crippen molar-refractivity contribution in [2.45, 2.75) is 6.92 Å². The second kappa shape index (κ2) is 5.76. The Hall–Kier alpha value is -2.67. The number of aromatic nitrogens is 1. The van der Waals surface area contributed by atoms with Crippen molar-refractivity contribution in [3.8, 4) is 11.6 Å². The van der Waals surface area contributed by atoms with Gasteiger partial charge in [0.2, 0.25) is 5.88 Å². The average Bonchev–Trinajstić information content (AvgIpc) is 2.42. The van der Waals surface area contributed by atoms with Crippen molar-refractivity contribution in [1.82, 2.24) is 4.98 Å². The third-order valence-electron chi connectivity index (χ3n) is 2.75. The molecule has 0 aliphatic carbocycles. The van der Waals surface area contributed by atoms with Gasteiger partial charge in [-0.1, -0.05) is 17.7 Å². The molecule has 0 unspecified atom stereocenters. The second-order valence-electron chi connectivity index (χ2n) is 4.04. The molecule has 1 N–H and O–H groups in total. The summed E-state index contributed by atoms with van der Waals surface area (Å²) in [5, 5.41) is 19.7. The lowest BCUT2D eigenvalue weighted by Crippen LogP contribution is -2.01. The summed E-state index contributed by atoms with van der Waals surface area (Å²) in [6.45, 7) is 1.52. The number of nitrogens with zero attached hydrogens (tertiary/aromatic N) is 2. The number of carboxylic acids is 1. The van der Waals surface area contributed by atoms with Crippen molar-refractivity contribution in [2.24, 2.45) is 0 Å². The summed E-state index contributed by atoms with van der Waals surface area (Å²) in [5.41, 5.74) is 0.0175. The molecule has 0 fully saturated rings. The second-order valence-corrected chi connectivity index (χ2v) is 4.42. The van der Waals surface area contributed by atoms with Crippen molar-refractivity contribution >= 4 is 23.3 Å². The van der Waals surface area contributed by atoms with Crippen molar-refractivity contribution in [3.05, 3.63) is 56.7 Å². The van der Waals surface area contributed by atoms with Crippen molar-refractivity contribution in [3.63, 3.8) is 0 Å². The van der Waals surface area contributed by atoms with Gasteiger partial charge in [-0.15, -0.1) is 0 Å². The van der Waals surface area contributed by atoms with E-state index >= 15 is 0 Å². The van der Waals surface area contributed by atoms with Gasteiger partial charge >= 0.3 is 5.97 Å². The number of nitro groups is 1. The van der Waals surface area contributed by atoms with E-state index in [-0.39, 0.29) is 27.9 Å². The molecule has 1 aromatic carbocycles. The van der Waals surface area contributed by atoms with Gasteiger partial charge in [-0.3, -0.25) is 10.1 Å². The minimum absolute atomic E-state index is 0.113. The number of carbonyl (C=O) groups is 1. The molecular weight excluding hydrogens is 300 g/mol. The molecule has 108 valence electrons. The van der Waals surface area contributed by atoms with Crippen molar-refractivity contribution in [1.29, 1.82) is 0 Å². The first-order valence-electron chi connectivity index (χ1n) is 5.71. The molecule has 0 saturated carbocycles. The lowest BCUT2D eigenvalue weighted by atomic mass is 10.2. The summed E-state index contributed by atoms with van der Waals surface area (Å²) in [5.74, 6) is -1.16. The minimum Gasteiger partial charge on any atom is -0.478 e. The first-order chi connectivity index (χ1) is 9.91. The summed E-state index contributed by atoms with van der Waals surface area (Å²) in [6.07, 6.45) is 1.23. The summed E-state index contributed by atoms with van der Waals surface area (Å²) in [7, 11) is 0. The van der Waals surface area contributed by atoms with Gasteiger partial charge in [0.25, 0.3) is 5.69 Å². The topological polar surface area (TPSA) is 103 Å². The summed E-state index contributed by atoms with van der Waals surface area (Å²) in [4.78, 5) is 25.2. The SMILES string of the molecule is Cc1c(Oc2nccc(C(=O)O)c2Cl)cccc1[N+](=O)[O-]. The summed E-state index contributed by atoms with van der Waals surface area (Å²) in [6, 6.07) is 5.53. The molecule has 0 amide bonds. The van der Waals surface area contributed by atoms with Gasteiger partial charge in [0.15, 0.2) is 0 Å². The number of rotatable bonds is 4. The molecule has 0 aliphatic rings. The first-order valence-corrected chi connectivity index (χ1v) is 6.09. The zero-order valence-electron chi connectivity index (χ0n) is 10.7. The number of halogens is 1. The van der Waals surface area contributed by atoms with Crippen LogP contribution < -0.4 is 4.74 Å². The number of ether oxygens (including phenoxy) is 1. The molecule has 0 aliphatic heterocycles. The normalized spacial score (nSPS) is 10.2. The highest BCUT2D eigenvalue weighted by molar-refractivity contribution is 6.34. The Morgan fingerprint density at radius 3 is 2.76 bits per heavy atom. The highest BCUT2D eigenvalue weighted by Gasteiger charge is 2.18. The number of hydrogen-bond donors (Lipinski definition) is 1. The van der Waals surface area contributed by atoms with Gasteiger partial charge in [-0.25, -0.2) is 9.78 Å². The predicted octanol–water partition coefficient (Wildman–Crippen LogP) is 3.44. The Balaban J connectivity index is 2.44. The molecule has 2 aromatic rings. The molecule has 0 atom stereocenters. The number of hydrogen-bond acceptors (Lipinski definition) is 5. The third kappa shape index (κ3) is 2.92. The molecule has 0 bridgehead atoms. The number of carboxylic acid groups (broad SMARTS) is 1. The lowest BCUT2D eigenvalue weighted by molar-refractivity contribution is -0.385. The van der Waals surface area contributed by atoms with Gasteiger partial charge < -0.3 is 9.84 Å². The molecule has 1 aromatic heterocycles. The molecule has 1 heterocycles. The molecule has 0 radical (unpaired) electrons. The van der Waals surface area contributed by atoms with Crippen LogP contribution in [0.5, 0.6) is 11.6 Å². The van der Waals surface area contributed by atoms with Crippen molar-refractivity contribution in [2.75, 3.05) is 0 Å². The van der Waals surface area contributed by atoms with Crippen LogP contribution in [0.3, 0.4) is 0 Å². The van der Waals surface area contributed by atoms with Gasteiger partial charge in [0.05, 0.1) is 16.1 Å². The fourth-order valence-corrected chi connectivity index (χ4v) is 1.91. The van der Waals surface area contributed by atoms with Gasteiger partial charge in [-0.05, 0) is 19.1 Å². The Kier molecular flexibility index (Phi) is 4.04. The molecule has 0 spiro atoms. The van der Waals surface area contributed by atoms with Crippen LogP contribution >= 0.6 is 11.6 Å². The maximum atomic E-state index is 11.0. The quantitative estimate of drug-likeness (QED) is 0.685. The predicted molar refractivity (Wildman–Crippen MR) is 74.1 cm³/mol. The largest absolute Gasteiger partial charge is 0.478 e. The number of aromatic carboxylic acids is 1. The van der Waals surface area contributed by atoms with Crippen LogP contribution in [0.15, 0.2) is 30.5 Å². The van der Waals surface area contributed by atoms with E-state index < -0.39 is 10.9 Å². The van der Waals surface area contributed by atoms with Crippen LogP contribution in [0.1, 0.15) is 15.9 Å². The third-order valence-corrected chi connectivity index (χ3v) is 3.11. The fourth-order valence-electron chi connectivity index (χ4n) is 1.68. The Bertz CT molecular complexity index is 671. The Morgan fingerprint density at radius 1 is 1.43 bits per heavy atom. The highest BCUT2D eigenvalue weighted by atomic mass is 35.5. The van der Waals surface area contributed by atoms with E-state index in [0.29, 0.717) is 5.56 Å². The summed E-state index contributed by atoms with van der Waals surface area (Å²) >= 11 is 5.91. The molecule has 7 nitrogen and oxygen atoms in total. The average molecular weight is 309 g/mol. The molecule has 0 saturated heterocycles. The van der Waals surface area contributed by atoms with Gasteiger partial charge in [0.1, 0.15) is 10.8 Å². The van der Waals surface area contributed by atoms with Gasteiger partial charge in [-0.2, -0.15) is 0 Å². The Labute approximate surface area is 123 Å². The standard InChI is InChI=1S/C13H9ClN2O5/c1-7-9(16(19)20)3-2-4-10(7)21-12-11(14)8(13(17)18)5-6-15-12/h2-6H,1H3,(H,17,18). The highest BCUT2D eigenvalue weighted by Crippen LogP contribution is 2.34. The van der Waals surface area contributed by atoms with E-state index in [1.54, 1.807) is 0 Å². The fraction of sp³-hybridized carbons (Fsp3) is 0.0769. The van der Waals surface area contributed by atoms with E-state index in [1.807, 2.05) is 0 Å².